The Balaban J connectivity index is 3.29. The predicted octanol–water partition coefficient (Wildman–Crippen LogP) is 1.18. The second-order valence-corrected chi connectivity index (χ2v) is 3.68. The van der Waals surface area contributed by atoms with E-state index in [1.165, 1.54) is 13.3 Å². The Morgan fingerprint density at radius 2 is 2.38 bits per heavy atom. The number of carboxylic acids is 1. The maximum atomic E-state index is 11.0. The lowest BCUT2D eigenvalue weighted by molar-refractivity contribution is -0.138. The van der Waals surface area contributed by atoms with Crippen LogP contribution in [-0.2, 0) is 4.79 Å². The molecular formula is C10H13ClN2O3. The number of ether oxygens (including phenoxy) is 1. The average Bonchev–Trinajstić information content (AvgIpc) is 2.22. The topological polar surface area (TPSA) is 85.4 Å². The van der Waals surface area contributed by atoms with Gasteiger partial charge in [-0.2, -0.15) is 0 Å². The Kier molecular flexibility index (Phi) is 4.09. The van der Waals surface area contributed by atoms with Crippen LogP contribution in [0.5, 0.6) is 5.75 Å². The van der Waals surface area contributed by atoms with Gasteiger partial charge in [-0.3, -0.25) is 9.78 Å². The number of methoxy groups -OCH3 is 1. The summed E-state index contributed by atoms with van der Waals surface area (Å²) >= 11 is 5.86. The summed E-state index contributed by atoms with van der Waals surface area (Å²) in [4.78, 5) is 15.0. The molecule has 16 heavy (non-hydrogen) atoms. The van der Waals surface area contributed by atoms with E-state index in [-0.39, 0.29) is 6.54 Å². The summed E-state index contributed by atoms with van der Waals surface area (Å²) in [5.74, 6) is -1.42. The van der Waals surface area contributed by atoms with E-state index in [1.54, 1.807) is 6.92 Å². The van der Waals surface area contributed by atoms with Gasteiger partial charge in [0.05, 0.1) is 12.8 Å². The summed E-state index contributed by atoms with van der Waals surface area (Å²) in [6, 6.07) is 0. The zero-order valence-corrected chi connectivity index (χ0v) is 9.78. The Morgan fingerprint density at radius 3 is 2.81 bits per heavy atom. The quantitative estimate of drug-likeness (QED) is 0.831. The summed E-state index contributed by atoms with van der Waals surface area (Å²) in [5, 5.41) is 9.34. The van der Waals surface area contributed by atoms with Gasteiger partial charge in [-0.05, 0) is 6.92 Å². The summed E-state index contributed by atoms with van der Waals surface area (Å²) in [7, 11) is 1.47. The first-order valence-electron chi connectivity index (χ1n) is 4.64. The molecule has 0 aromatic carbocycles. The first-order valence-corrected chi connectivity index (χ1v) is 5.02. The lowest BCUT2D eigenvalue weighted by atomic mass is 10.0. The number of rotatable bonds is 4. The van der Waals surface area contributed by atoms with Crippen molar-refractivity contribution in [3.05, 3.63) is 22.5 Å². The molecule has 0 saturated carbocycles. The minimum atomic E-state index is -1.01. The fourth-order valence-corrected chi connectivity index (χ4v) is 1.78. The molecule has 0 radical (unpaired) electrons. The average molecular weight is 245 g/mol. The summed E-state index contributed by atoms with van der Waals surface area (Å²) in [6.45, 7) is 1.69. The maximum Gasteiger partial charge on any atom is 0.313 e. The molecule has 0 aliphatic rings. The van der Waals surface area contributed by atoms with Crippen molar-refractivity contribution in [1.82, 2.24) is 4.98 Å². The van der Waals surface area contributed by atoms with Crippen molar-refractivity contribution in [2.24, 2.45) is 5.73 Å². The molecule has 0 aliphatic heterocycles. The van der Waals surface area contributed by atoms with E-state index in [9.17, 15) is 4.79 Å². The van der Waals surface area contributed by atoms with E-state index >= 15 is 0 Å². The van der Waals surface area contributed by atoms with Gasteiger partial charge in [-0.25, -0.2) is 0 Å². The van der Waals surface area contributed by atoms with Gasteiger partial charge in [-0.15, -0.1) is 0 Å². The van der Waals surface area contributed by atoms with E-state index in [0.29, 0.717) is 22.0 Å². The second kappa shape index (κ2) is 5.14. The Hall–Kier alpha value is -1.33. The molecule has 0 bridgehead atoms. The minimum Gasteiger partial charge on any atom is -0.495 e. The number of nitrogens with two attached hydrogens (primary N) is 1. The van der Waals surface area contributed by atoms with Crippen LogP contribution in [0.4, 0.5) is 0 Å². The highest BCUT2D eigenvalue weighted by atomic mass is 35.5. The number of pyridine rings is 1. The third-order valence-corrected chi connectivity index (χ3v) is 2.60. The lowest BCUT2D eigenvalue weighted by Gasteiger charge is -2.15. The van der Waals surface area contributed by atoms with Gasteiger partial charge >= 0.3 is 5.97 Å². The maximum absolute atomic E-state index is 11.0. The van der Waals surface area contributed by atoms with E-state index in [2.05, 4.69) is 4.98 Å². The van der Waals surface area contributed by atoms with Gasteiger partial charge < -0.3 is 15.6 Å². The SMILES string of the molecule is COc1c(Cl)cnc(C(CN)C(=O)O)c1C. The third-order valence-electron chi connectivity index (χ3n) is 2.33. The number of nitrogens with zero attached hydrogens (tertiary/aromatic N) is 1. The Bertz CT molecular complexity index is 409. The highest BCUT2D eigenvalue weighted by Crippen LogP contribution is 2.31. The second-order valence-electron chi connectivity index (χ2n) is 3.28. The number of carboxylic acid groups (broad SMARTS) is 1. The van der Waals surface area contributed by atoms with Crippen LogP contribution in [0.25, 0.3) is 0 Å². The van der Waals surface area contributed by atoms with Gasteiger partial charge in [-0.1, -0.05) is 11.6 Å². The molecule has 0 fully saturated rings. The number of halogens is 1. The molecule has 88 valence electrons. The van der Waals surface area contributed by atoms with Crippen molar-refractivity contribution in [3.8, 4) is 5.75 Å². The van der Waals surface area contributed by atoms with E-state index in [0.717, 1.165) is 0 Å². The number of carbonyl (C=O) groups is 1. The minimum absolute atomic E-state index is 0.0199. The number of aliphatic carboxylic acids is 1. The molecule has 1 atom stereocenters. The Labute approximate surface area is 98.2 Å². The highest BCUT2D eigenvalue weighted by molar-refractivity contribution is 6.32. The van der Waals surface area contributed by atoms with Crippen LogP contribution in [0.1, 0.15) is 17.2 Å². The van der Waals surface area contributed by atoms with E-state index in [4.69, 9.17) is 27.2 Å². The molecule has 1 heterocycles. The van der Waals surface area contributed by atoms with Gasteiger partial charge in [0.15, 0.2) is 0 Å². The van der Waals surface area contributed by atoms with Crippen molar-refractivity contribution < 1.29 is 14.6 Å². The molecule has 0 aliphatic carbocycles. The first-order chi connectivity index (χ1) is 7.52. The first kappa shape index (κ1) is 12.7. The normalized spacial score (nSPS) is 12.2. The summed E-state index contributed by atoms with van der Waals surface area (Å²) in [6.07, 6.45) is 1.37. The van der Waals surface area contributed by atoms with Crippen LogP contribution in [0.2, 0.25) is 5.02 Å². The van der Waals surface area contributed by atoms with Gasteiger partial charge in [0.25, 0.3) is 0 Å². The van der Waals surface area contributed by atoms with Gasteiger partial charge in [0.2, 0.25) is 0 Å². The van der Waals surface area contributed by atoms with Crippen molar-refractivity contribution in [3.63, 3.8) is 0 Å². The van der Waals surface area contributed by atoms with Gasteiger partial charge in [0, 0.05) is 18.3 Å². The third kappa shape index (κ3) is 2.25. The van der Waals surface area contributed by atoms with Crippen molar-refractivity contribution in [1.29, 1.82) is 0 Å². The largest absolute Gasteiger partial charge is 0.495 e. The van der Waals surface area contributed by atoms with Crippen molar-refractivity contribution in [2.45, 2.75) is 12.8 Å². The van der Waals surface area contributed by atoms with E-state index in [1.807, 2.05) is 0 Å². The summed E-state index contributed by atoms with van der Waals surface area (Å²) in [5.41, 5.74) is 6.40. The predicted molar refractivity (Wildman–Crippen MR) is 60.0 cm³/mol. The van der Waals surface area contributed by atoms with Crippen LogP contribution in [0, 0.1) is 6.92 Å². The molecular weight excluding hydrogens is 232 g/mol. The molecule has 1 aromatic rings. The molecule has 6 heteroatoms. The zero-order valence-electron chi connectivity index (χ0n) is 9.03. The highest BCUT2D eigenvalue weighted by Gasteiger charge is 2.24. The standard InChI is InChI=1S/C10H13ClN2O3/c1-5-8(6(3-12)10(14)15)13-4-7(11)9(5)16-2/h4,6H,3,12H2,1-2H3,(H,14,15). The number of hydrogen-bond acceptors (Lipinski definition) is 4. The fourth-order valence-electron chi connectivity index (χ4n) is 1.51. The molecule has 1 aromatic heterocycles. The number of hydrogen-bond donors (Lipinski definition) is 2. The van der Waals surface area contributed by atoms with Crippen LogP contribution >= 0.6 is 11.6 Å². The smallest absolute Gasteiger partial charge is 0.313 e. The fraction of sp³-hybridized carbons (Fsp3) is 0.400. The van der Waals surface area contributed by atoms with Crippen LogP contribution in [0.3, 0.4) is 0 Å². The van der Waals surface area contributed by atoms with Crippen LogP contribution < -0.4 is 10.5 Å². The van der Waals surface area contributed by atoms with Gasteiger partial charge in [0.1, 0.15) is 16.7 Å². The molecule has 0 amide bonds. The lowest BCUT2D eigenvalue weighted by Crippen LogP contribution is -2.23. The molecule has 1 unspecified atom stereocenters. The van der Waals surface area contributed by atoms with Crippen molar-refractivity contribution >= 4 is 17.6 Å². The molecule has 1 rings (SSSR count). The monoisotopic (exact) mass is 244 g/mol. The van der Waals surface area contributed by atoms with Crippen LogP contribution in [0.15, 0.2) is 6.20 Å². The molecule has 0 saturated heterocycles. The zero-order chi connectivity index (χ0) is 12.3. The van der Waals surface area contributed by atoms with Crippen LogP contribution in [-0.4, -0.2) is 29.7 Å². The molecule has 0 spiro atoms. The van der Waals surface area contributed by atoms with E-state index < -0.39 is 11.9 Å². The Morgan fingerprint density at radius 1 is 1.75 bits per heavy atom. The van der Waals surface area contributed by atoms with Crippen molar-refractivity contribution in [2.75, 3.05) is 13.7 Å². The molecule has 3 N–H and O–H groups in total. The number of aromatic nitrogens is 1. The summed E-state index contributed by atoms with van der Waals surface area (Å²) < 4.78 is 5.09. The molecule has 5 nitrogen and oxygen atoms in total.